The van der Waals surface area contributed by atoms with Crippen molar-refractivity contribution in [3.8, 4) is 0 Å². The van der Waals surface area contributed by atoms with Gasteiger partial charge in [0.15, 0.2) is 0 Å². The number of amides is 2. The smallest absolute Gasteiger partial charge is 0.257 e. The van der Waals surface area contributed by atoms with E-state index < -0.39 is 0 Å². The van der Waals surface area contributed by atoms with Crippen LogP contribution in [0.1, 0.15) is 27.7 Å². The summed E-state index contributed by atoms with van der Waals surface area (Å²) < 4.78 is 0.832. The Kier molecular flexibility index (Phi) is 5.00. The van der Waals surface area contributed by atoms with E-state index >= 15 is 0 Å². The molecule has 0 spiro atoms. The summed E-state index contributed by atoms with van der Waals surface area (Å²) in [6, 6.07) is 16.7. The third kappa shape index (κ3) is 3.91. The van der Waals surface area contributed by atoms with Crippen LogP contribution in [0.25, 0.3) is 0 Å². The van der Waals surface area contributed by atoms with Crippen LogP contribution < -0.4 is 10.2 Å². The molecule has 6 nitrogen and oxygen atoms in total. The molecule has 2 amide bonds. The molecule has 1 aliphatic heterocycles. The number of hydrogen-bond acceptors (Lipinski definition) is 5. The molecule has 2 aromatic carbocycles. The maximum absolute atomic E-state index is 12.4. The van der Waals surface area contributed by atoms with E-state index in [2.05, 4.69) is 31.4 Å². The SMILES string of the molecule is O=C(Nc1nnc([C@@H]2CC(=O)N(c3ccccc3)C2)s1)c1cccc(Br)c1. The van der Waals surface area contributed by atoms with Gasteiger partial charge in [0.2, 0.25) is 11.0 Å². The van der Waals surface area contributed by atoms with Crippen LogP contribution in [0.2, 0.25) is 0 Å². The first kappa shape index (κ1) is 17.8. The molecule has 1 saturated heterocycles. The number of hydrogen-bond donors (Lipinski definition) is 1. The van der Waals surface area contributed by atoms with Gasteiger partial charge in [-0.25, -0.2) is 0 Å². The van der Waals surface area contributed by atoms with E-state index in [1.54, 1.807) is 23.1 Å². The predicted octanol–water partition coefficient (Wildman–Crippen LogP) is 4.07. The van der Waals surface area contributed by atoms with E-state index in [1.807, 2.05) is 36.4 Å². The normalized spacial score (nSPS) is 16.6. The first-order valence-electron chi connectivity index (χ1n) is 8.36. The zero-order valence-electron chi connectivity index (χ0n) is 14.1. The number of halogens is 1. The third-order valence-electron chi connectivity index (χ3n) is 4.29. The van der Waals surface area contributed by atoms with Crippen molar-refractivity contribution in [3.63, 3.8) is 0 Å². The highest BCUT2D eigenvalue weighted by Gasteiger charge is 2.33. The number of rotatable bonds is 4. The van der Waals surface area contributed by atoms with Crippen LogP contribution in [0.15, 0.2) is 59.1 Å². The number of carbonyl (C=O) groups excluding carboxylic acids is 2. The summed E-state index contributed by atoms with van der Waals surface area (Å²) >= 11 is 4.67. The Morgan fingerprint density at radius 1 is 1.15 bits per heavy atom. The van der Waals surface area contributed by atoms with Crippen LogP contribution in [-0.4, -0.2) is 28.6 Å². The van der Waals surface area contributed by atoms with Gasteiger partial charge in [0.1, 0.15) is 5.01 Å². The molecule has 3 aromatic rings. The number of nitrogens with zero attached hydrogens (tertiary/aromatic N) is 3. The minimum atomic E-state index is -0.243. The fraction of sp³-hybridized carbons (Fsp3) is 0.158. The van der Waals surface area contributed by atoms with Gasteiger partial charge in [-0.2, -0.15) is 0 Å². The highest BCUT2D eigenvalue weighted by atomic mass is 79.9. The number of para-hydroxylation sites is 1. The molecule has 1 aliphatic rings. The molecule has 8 heteroatoms. The van der Waals surface area contributed by atoms with Gasteiger partial charge in [-0.05, 0) is 30.3 Å². The van der Waals surface area contributed by atoms with E-state index in [0.717, 1.165) is 15.2 Å². The number of aromatic nitrogens is 2. The van der Waals surface area contributed by atoms with Gasteiger partial charge >= 0.3 is 0 Å². The van der Waals surface area contributed by atoms with Crippen LogP contribution in [0.4, 0.5) is 10.8 Å². The van der Waals surface area contributed by atoms with Crippen molar-refractivity contribution in [2.45, 2.75) is 12.3 Å². The Morgan fingerprint density at radius 3 is 2.74 bits per heavy atom. The van der Waals surface area contributed by atoms with Crippen LogP contribution >= 0.6 is 27.3 Å². The van der Waals surface area contributed by atoms with E-state index in [4.69, 9.17) is 0 Å². The van der Waals surface area contributed by atoms with Crippen molar-refractivity contribution in [3.05, 3.63) is 69.6 Å². The molecule has 4 rings (SSSR count). The largest absolute Gasteiger partial charge is 0.312 e. The van der Waals surface area contributed by atoms with Gasteiger partial charge in [0.25, 0.3) is 5.91 Å². The minimum Gasteiger partial charge on any atom is -0.312 e. The molecule has 0 unspecified atom stereocenters. The second-order valence-corrected chi connectivity index (χ2v) is 8.08. The number of carbonyl (C=O) groups is 2. The fourth-order valence-electron chi connectivity index (χ4n) is 2.98. The molecule has 136 valence electrons. The summed E-state index contributed by atoms with van der Waals surface area (Å²) in [5.74, 6) is -0.194. The highest BCUT2D eigenvalue weighted by Crippen LogP contribution is 2.34. The predicted molar refractivity (Wildman–Crippen MR) is 108 cm³/mol. The molecule has 0 aliphatic carbocycles. The zero-order valence-corrected chi connectivity index (χ0v) is 16.5. The Bertz CT molecular complexity index is 992. The standard InChI is InChI=1S/C19H15BrN4O2S/c20-14-6-4-5-12(9-14)17(26)21-19-23-22-18(27-19)13-10-16(25)24(11-13)15-7-2-1-3-8-15/h1-9,13H,10-11H2,(H,21,23,26)/t13-/m1/s1. The average molecular weight is 443 g/mol. The van der Waals surface area contributed by atoms with Crippen LogP contribution in [-0.2, 0) is 4.79 Å². The molecule has 2 heterocycles. The summed E-state index contributed by atoms with van der Waals surface area (Å²) in [6.45, 7) is 0.567. The zero-order chi connectivity index (χ0) is 18.8. The highest BCUT2D eigenvalue weighted by molar-refractivity contribution is 9.10. The fourth-order valence-corrected chi connectivity index (χ4v) is 4.21. The summed E-state index contributed by atoms with van der Waals surface area (Å²) in [5, 5.41) is 12.2. The molecule has 0 radical (unpaired) electrons. The molecule has 27 heavy (non-hydrogen) atoms. The van der Waals surface area contributed by atoms with Crippen LogP contribution in [0, 0.1) is 0 Å². The lowest BCUT2D eigenvalue weighted by Gasteiger charge is -2.15. The van der Waals surface area contributed by atoms with Crippen LogP contribution in [0.3, 0.4) is 0 Å². The van der Waals surface area contributed by atoms with Gasteiger partial charge in [0, 0.05) is 34.6 Å². The molecule has 1 N–H and O–H groups in total. The third-order valence-corrected chi connectivity index (χ3v) is 5.78. The summed E-state index contributed by atoms with van der Waals surface area (Å²) in [5.41, 5.74) is 1.42. The van der Waals surface area contributed by atoms with E-state index in [0.29, 0.717) is 23.7 Å². The number of anilines is 2. The molecular formula is C19H15BrN4O2S. The second kappa shape index (κ2) is 7.58. The topological polar surface area (TPSA) is 75.2 Å². The lowest BCUT2D eigenvalue weighted by Crippen LogP contribution is -2.24. The Labute approximate surface area is 168 Å². The summed E-state index contributed by atoms with van der Waals surface area (Å²) in [6.07, 6.45) is 0.392. The van der Waals surface area contributed by atoms with Gasteiger partial charge in [-0.1, -0.05) is 51.5 Å². The molecule has 1 fully saturated rings. The van der Waals surface area contributed by atoms with E-state index in [9.17, 15) is 9.59 Å². The van der Waals surface area contributed by atoms with Gasteiger partial charge in [-0.15, -0.1) is 10.2 Å². The molecule has 0 bridgehead atoms. The van der Waals surface area contributed by atoms with Crippen molar-refractivity contribution in [2.75, 3.05) is 16.8 Å². The lowest BCUT2D eigenvalue weighted by molar-refractivity contribution is -0.117. The molecular weight excluding hydrogens is 428 g/mol. The van der Waals surface area contributed by atoms with Crippen molar-refractivity contribution in [1.29, 1.82) is 0 Å². The maximum Gasteiger partial charge on any atom is 0.257 e. The molecule has 1 atom stereocenters. The first-order valence-corrected chi connectivity index (χ1v) is 9.97. The number of benzene rings is 2. The van der Waals surface area contributed by atoms with Crippen molar-refractivity contribution < 1.29 is 9.59 Å². The quantitative estimate of drug-likeness (QED) is 0.660. The summed E-state index contributed by atoms with van der Waals surface area (Å²) in [4.78, 5) is 26.5. The lowest BCUT2D eigenvalue weighted by atomic mass is 10.1. The molecule has 0 saturated carbocycles. The Balaban J connectivity index is 1.45. The Hall–Kier alpha value is -2.58. The average Bonchev–Trinajstić information content (AvgIpc) is 3.29. The van der Waals surface area contributed by atoms with Crippen molar-refractivity contribution in [2.24, 2.45) is 0 Å². The van der Waals surface area contributed by atoms with E-state index in [1.165, 1.54) is 11.3 Å². The molecule has 1 aromatic heterocycles. The van der Waals surface area contributed by atoms with Crippen molar-refractivity contribution in [1.82, 2.24) is 10.2 Å². The van der Waals surface area contributed by atoms with Crippen molar-refractivity contribution >= 4 is 49.9 Å². The van der Waals surface area contributed by atoms with E-state index in [-0.39, 0.29) is 17.7 Å². The maximum atomic E-state index is 12.4. The monoisotopic (exact) mass is 442 g/mol. The summed E-state index contributed by atoms with van der Waals surface area (Å²) in [7, 11) is 0. The van der Waals surface area contributed by atoms with Gasteiger partial charge in [0.05, 0.1) is 0 Å². The second-order valence-electron chi connectivity index (χ2n) is 6.15. The minimum absolute atomic E-state index is 0.0215. The Morgan fingerprint density at radius 2 is 1.96 bits per heavy atom. The van der Waals surface area contributed by atoms with Gasteiger partial charge < -0.3 is 4.90 Å². The van der Waals surface area contributed by atoms with Crippen LogP contribution in [0.5, 0.6) is 0 Å². The first-order chi connectivity index (χ1) is 13.1. The number of nitrogens with one attached hydrogen (secondary N) is 1. The van der Waals surface area contributed by atoms with Gasteiger partial charge in [-0.3, -0.25) is 14.9 Å².